The fourth-order valence-corrected chi connectivity index (χ4v) is 3.02. The van der Waals surface area contributed by atoms with Gasteiger partial charge in [-0.05, 0) is 38.0 Å². The predicted molar refractivity (Wildman–Crippen MR) is 117 cm³/mol. The van der Waals surface area contributed by atoms with E-state index in [0.29, 0.717) is 43.3 Å². The third-order valence-corrected chi connectivity index (χ3v) is 4.63. The summed E-state index contributed by atoms with van der Waals surface area (Å²) in [6.45, 7) is 9.58. The van der Waals surface area contributed by atoms with Crippen molar-refractivity contribution >= 4 is 5.78 Å². The van der Waals surface area contributed by atoms with E-state index in [9.17, 15) is 4.79 Å². The molecule has 0 unspecified atom stereocenters. The molecular formula is C22H30N6O3. The number of aromatic nitrogens is 6. The first kappa shape index (κ1) is 22.8. The Hall–Kier alpha value is -2.91. The van der Waals surface area contributed by atoms with Crippen LogP contribution >= 0.6 is 0 Å². The van der Waals surface area contributed by atoms with Crippen LogP contribution < -0.4 is 0 Å². The van der Waals surface area contributed by atoms with E-state index in [1.54, 1.807) is 16.3 Å². The van der Waals surface area contributed by atoms with E-state index in [2.05, 4.69) is 34.5 Å². The number of ketones is 1. The highest BCUT2D eigenvalue weighted by Gasteiger charge is 2.13. The lowest BCUT2D eigenvalue weighted by atomic mass is 10.0. The summed E-state index contributed by atoms with van der Waals surface area (Å²) in [5, 5.41) is 16.9. The number of hydrogen-bond donors (Lipinski definition) is 0. The average Bonchev–Trinajstić information content (AvgIpc) is 3.44. The first-order valence-corrected chi connectivity index (χ1v) is 10.7. The minimum Gasteiger partial charge on any atom is -0.380 e. The van der Waals surface area contributed by atoms with E-state index in [1.807, 2.05) is 30.6 Å². The summed E-state index contributed by atoms with van der Waals surface area (Å²) in [5.74, 6) is -0.0242. The smallest absolute Gasteiger partial charge is 0.159 e. The predicted octanol–water partition coefficient (Wildman–Crippen LogP) is 3.26. The number of benzene rings is 1. The average molecular weight is 427 g/mol. The molecule has 0 spiro atoms. The molecule has 0 saturated carbocycles. The summed E-state index contributed by atoms with van der Waals surface area (Å²) >= 11 is 0. The van der Waals surface area contributed by atoms with Gasteiger partial charge in [-0.3, -0.25) is 4.79 Å². The van der Waals surface area contributed by atoms with Crippen molar-refractivity contribution in [2.45, 2.75) is 46.7 Å². The number of ether oxygens (including phenoxy) is 2. The Labute approximate surface area is 182 Å². The van der Waals surface area contributed by atoms with E-state index in [4.69, 9.17) is 9.47 Å². The fourth-order valence-electron chi connectivity index (χ4n) is 3.02. The van der Waals surface area contributed by atoms with Gasteiger partial charge < -0.3 is 9.47 Å². The van der Waals surface area contributed by atoms with Gasteiger partial charge in [0.15, 0.2) is 5.78 Å². The van der Waals surface area contributed by atoms with Crippen LogP contribution in [0, 0.1) is 0 Å². The first-order chi connectivity index (χ1) is 15.1. The quantitative estimate of drug-likeness (QED) is 0.306. The van der Waals surface area contributed by atoms with Crippen LogP contribution in [0.3, 0.4) is 0 Å². The van der Waals surface area contributed by atoms with Crippen LogP contribution in [0.4, 0.5) is 0 Å². The molecule has 0 bridgehead atoms. The van der Waals surface area contributed by atoms with Gasteiger partial charge in [0, 0.05) is 29.9 Å². The van der Waals surface area contributed by atoms with E-state index < -0.39 is 0 Å². The van der Waals surface area contributed by atoms with Crippen LogP contribution in [0.1, 0.15) is 44.0 Å². The van der Waals surface area contributed by atoms with Gasteiger partial charge in [-0.1, -0.05) is 24.3 Å². The summed E-state index contributed by atoms with van der Waals surface area (Å²) in [4.78, 5) is 12.1. The second-order valence-electron chi connectivity index (χ2n) is 7.31. The Morgan fingerprint density at radius 3 is 1.71 bits per heavy atom. The maximum absolute atomic E-state index is 12.1. The number of carbonyl (C=O) groups excluding carboxylic acids is 1. The lowest BCUT2D eigenvalue weighted by Gasteiger charge is -2.05. The second kappa shape index (κ2) is 11.5. The summed E-state index contributed by atoms with van der Waals surface area (Å²) in [5.41, 5.74) is 3.60. The van der Waals surface area contributed by atoms with Gasteiger partial charge in [-0.2, -0.15) is 0 Å². The summed E-state index contributed by atoms with van der Waals surface area (Å²) < 4.78 is 14.5. The van der Waals surface area contributed by atoms with Crippen LogP contribution in [-0.2, 0) is 22.6 Å². The van der Waals surface area contributed by atoms with E-state index in [-0.39, 0.29) is 5.78 Å². The van der Waals surface area contributed by atoms with Crippen LogP contribution in [0.15, 0.2) is 30.6 Å². The molecule has 1 aromatic carbocycles. The Kier molecular flexibility index (Phi) is 8.43. The normalized spacial score (nSPS) is 11.2. The number of carbonyl (C=O) groups is 1. The SMILES string of the molecule is CCCOCCn1cc(-c2cc(C(C)=O)cc(-c3cn(CCOCCC)nn3)c2)nn1. The lowest BCUT2D eigenvalue weighted by molar-refractivity contribution is 0.101. The molecule has 0 radical (unpaired) electrons. The highest BCUT2D eigenvalue weighted by molar-refractivity contribution is 5.96. The van der Waals surface area contributed by atoms with Crippen molar-refractivity contribution in [3.8, 4) is 22.5 Å². The first-order valence-electron chi connectivity index (χ1n) is 10.7. The highest BCUT2D eigenvalue weighted by Crippen LogP contribution is 2.26. The van der Waals surface area contributed by atoms with Crippen LogP contribution in [-0.4, -0.2) is 62.2 Å². The maximum Gasteiger partial charge on any atom is 0.159 e. The molecule has 3 aromatic rings. The van der Waals surface area contributed by atoms with E-state index in [0.717, 1.165) is 37.2 Å². The molecule has 0 saturated heterocycles. The van der Waals surface area contributed by atoms with Crippen molar-refractivity contribution in [1.82, 2.24) is 30.0 Å². The Balaban J connectivity index is 1.78. The van der Waals surface area contributed by atoms with Crippen molar-refractivity contribution in [3.63, 3.8) is 0 Å². The zero-order valence-electron chi connectivity index (χ0n) is 18.5. The molecule has 0 aliphatic rings. The zero-order valence-corrected chi connectivity index (χ0v) is 18.5. The number of nitrogens with zero attached hydrogens (tertiary/aromatic N) is 6. The highest BCUT2D eigenvalue weighted by atomic mass is 16.5. The Bertz CT molecular complexity index is 913. The van der Waals surface area contributed by atoms with Crippen molar-refractivity contribution in [1.29, 1.82) is 0 Å². The number of Topliss-reactive ketones (excluding diaryl/α,β-unsaturated/α-hetero) is 1. The molecule has 0 amide bonds. The molecular weight excluding hydrogens is 396 g/mol. The summed E-state index contributed by atoms with van der Waals surface area (Å²) in [7, 11) is 0. The zero-order chi connectivity index (χ0) is 22.1. The van der Waals surface area contributed by atoms with Gasteiger partial charge in [0.1, 0.15) is 11.4 Å². The largest absolute Gasteiger partial charge is 0.380 e. The molecule has 2 aromatic heterocycles. The molecule has 2 heterocycles. The van der Waals surface area contributed by atoms with Crippen molar-refractivity contribution in [2.75, 3.05) is 26.4 Å². The molecule has 166 valence electrons. The molecule has 9 heteroatoms. The van der Waals surface area contributed by atoms with E-state index in [1.165, 1.54) is 0 Å². The minimum absolute atomic E-state index is 0.0242. The van der Waals surface area contributed by atoms with Crippen molar-refractivity contribution in [2.24, 2.45) is 0 Å². The van der Waals surface area contributed by atoms with Crippen molar-refractivity contribution in [3.05, 3.63) is 36.2 Å². The Morgan fingerprint density at radius 2 is 1.29 bits per heavy atom. The van der Waals surface area contributed by atoms with Gasteiger partial charge in [0.25, 0.3) is 0 Å². The minimum atomic E-state index is -0.0242. The Morgan fingerprint density at radius 1 is 0.806 bits per heavy atom. The lowest BCUT2D eigenvalue weighted by Crippen LogP contribution is -2.06. The van der Waals surface area contributed by atoms with Gasteiger partial charge in [-0.15, -0.1) is 10.2 Å². The number of rotatable bonds is 13. The molecule has 31 heavy (non-hydrogen) atoms. The number of hydrogen-bond acceptors (Lipinski definition) is 7. The molecule has 0 aliphatic carbocycles. The third-order valence-electron chi connectivity index (χ3n) is 4.63. The standard InChI is InChI=1S/C22H30N6O3/c1-4-8-30-10-6-27-15-21(23-25-27)19-12-18(17(3)29)13-20(14-19)22-16-28(26-24-22)7-11-31-9-5-2/h12-16H,4-11H2,1-3H3. The topological polar surface area (TPSA) is 97.0 Å². The van der Waals surface area contributed by atoms with Gasteiger partial charge in [0.2, 0.25) is 0 Å². The third kappa shape index (κ3) is 6.53. The van der Waals surface area contributed by atoms with Crippen LogP contribution in [0.25, 0.3) is 22.5 Å². The molecule has 9 nitrogen and oxygen atoms in total. The van der Waals surface area contributed by atoms with Gasteiger partial charge >= 0.3 is 0 Å². The summed E-state index contributed by atoms with van der Waals surface area (Å²) in [6, 6.07) is 5.61. The van der Waals surface area contributed by atoms with Crippen LogP contribution in [0.2, 0.25) is 0 Å². The second-order valence-corrected chi connectivity index (χ2v) is 7.31. The van der Waals surface area contributed by atoms with Gasteiger partial charge in [-0.25, -0.2) is 9.36 Å². The molecule has 0 N–H and O–H groups in total. The molecule has 0 atom stereocenters. The van der Waals surface area contributed by atoms with Crippen molar-refractivity contribution < 1.29 is 14.3 Å². The van der Waals surface area contributed by atoms with Gasteiger partial charge in [0.05, 0.1) is 38.7 Å². The fraction of sp³-hybridized carbons (Fsp3) is 0.500. The monoisotopic (exact) mass is 426 g/mol. The molecule has 0 aliphatic heterocycles. The summed E-state index contributed by atoms with van der Waals surface area (Å²) in [6.07, 6.45) is 5.69. The maximum atomic E-state index is 12.1. The van der Waals surface area contributed by atoms with Crippen LogP contribution in [0.5, 0.6) is 0 Å². The molecule has 0 fully saturated rings. The van der Waals surface area contributed by atoms with E-state index >= 15 is 0 Å². The molecule has 3 rings (SSSR count).